The highest BCUT2D eigenvalue weighted by Crippen LogP contribution is 2.37. The first-order valence-corrected chi connectivity index (χ1v) is 16.6. The maximum Gasteiger partial charge on any atom is 0.159 e. The summed E-state index contributed by atoms with van der Waals surface area (Å²) in [7, 11) is 0. The summed E-state index contributed by atoms with van der Waals surface area (Å²) in [5.41, 5.74) is 7.24. The summed E-state index contributed by atoms with van der Waals surface area (Å²) in [6, 6.07) is 57.6. The van der Waals surface area contributed by atoms with E-state index < -0.39 is 0 Å². The molecular formula is C45H29N3O. The zero-order valence-corrected chi connectivity index (χ0v) is 26.5. The molecule has 4 nitrogen and oxygen atoms in total. The topological polar surface area (TPSA) is 49.9 Å². The molecule has 49 heavy (non-hydrogen) atoms. The van der Waals surface area contributed by atoms with Crippen LogP contribution in [0.15, 0.2) is 178 Å². The highest BCUT2D eigenvalue weighted by molar-refractivity contribution is 6.17. The zero-order chi connectivity index (χ0) is 32.3. The third-order valence-electron chi connectivity index (χ3n) is 9.69. The van der Waals surface area contributed by atoms with Crippen molar-refractivity contribution in [2.45, 2.75) is 6.17 Å². The van der Waals surface area contributed by atoms with E-state index in [0.29, 0.717) is 5.84 Å². The standard InChI is InChI=1S/C45H29N3O/c1-2-10-30(11-3-1)43-46-44(48-45(47-43)35-23-19-29-18-17-28-9-4-5-12-36(28)39(29)27-35)34-24-21-31-25-33(22-20-32(31)26-34)37-14-8-16-41-42(37)38-13-6-7-15-40(38)49-41/h1-27,43H,(H,46,47,48). The van der Waals surface area contributed by atoms with Gasteiger partial charge in [-0.15, -0.1) is 0 Å². The van der Waals surface area contributed by atoms with Crippen LogP contribution in [0.1, 0.15) is 22.9 Å². The Labute approximate surface area is 282 Å². The molecule has 0 aliphatic carbocycles. The average Bonchev–Trinajstić information content (AvgIpc) is 3.56. The molecule has 0 fully saturated rings. The Hall–Kier alpha value is -6.52. The number of hydrogen-bond donors (Lipinski definition) is 1. The van der Waals surface area contributed by atoms with E-state index in [-0.39, 0.29) is 6.17 Å². The average molecular weight is 628 g/mol. The van der Waals surface area contributed by atoms with Gasteiger partial charge in [-0.2, -0.15) is 0 Å². The number of amidine groups is 2. The summed E-state index contributed by atoms with van der Waals surface area (Å²) in [5.74, 6) is 1.52. The molecule has 1 aliphatic rings. The SMILES string of the molecule is c1ccc(C2N=C(c3ccc4ccc5ccccc5c4c3)N=C(c3ccc4cc(-c5cccc6oc7ccccc7c56)ccc4c3)N2)cc1. The third kappa shape index (κ3) is 4.68. The third-order valence-corrected chi connectivity index (χ3v) is 9.69. The molecule has 0 saturated heterocycles. The van der Waals surface area contributed by atoms with E-state index in [1.54, 1.807) is 0 Å². The minimum Gasteiger partial charge on any atom is -0.456 e. The molecule has 10 rings (SSSR count). The van der Waals surface area contributed by atoms with Gasteiger partial charge in [0.2, 0.25) is 0 Å². The van der Waals surface area contributed by atoms with Crippen LogP contribution in [0.4, 0.5) is 0 Å². The van der Waals surface area contributed by atoms with E-state index in [1.165, 1.54) is 27.1 Å². The second-order valence-electron chi connectivity index (χ2n) is 12.6. The number of para-hydroxylation sites is 1. The fourth-order valence-electron chi connectivity index (χ4n) is 7.25. The second-order valence-corrected chi connectivity index (χ2v) is 12.6. The van der Waals surface area contributed by atoms with Crippen LogP contribution in [0, 0.1) is 0 Å². The number of furan rings is 1. The molecule has 8 aromatic carbocycles. The number of benzene rings is 8. The van der Waals surface area contributed by atoms with Crippen molar-refractivity contribution < 1.29 is 4.42 Å². The molecule has 1 N–H and O–H groups in total. The number of rotatable bonds is 4. The minimum absolute atomic E-state index is 0.268. The van der Waals surface area contributed by atoms with Crippen molar-refractivity contribution in [3.8, 4) is 11.1 Å². The summed E-state index contributed by atoms with van der Waals surface area (Å²) in [4.78, 5) is 10.3. The van der Waals surface area contributed by atoms with Gasteiger partial charge < -0.3 is 9.73 Å². The molecule has 0 saturated carbocycles. The molecule has 1 unspecified atom stereocenters. The van der Waals surface area contributed by atoms with Crippen molar-refractivity contribution in [3.63, 3.8) is 0 Å². The van der Waals surface area contributed by atoms with Gasteiger partial charge in [-0.1, -0.05) is 133 Å². The number of nitrogens with one attached hydrogen (secondary N) is 1. The lowest BCUT2D eigenvalue weighted by Gasteiger charge is -2.24. The summed E-state index contributed by atoms with van der Waals surface area (Å²) in [6.45, 7) is 0. The summed E-state index contributed by atoms with van der Waals surface area (Å²) < 4.78 is 6.18. The van der Waals surface area contributed by atoms with Gasteiger partial charge in [0.15, 0.2) is 5.84 Å². The van der Waals surface area contributed by atoms with Crippen molar-refractivity contribution in [2.75, 3.05) is 0 Å². The van der Waals surface area contributed by atoms with E-state index in [2.05, 4.69) is 145 Å². The van der Waals surface area contributed by atoms with Crippen LogP contribution in [-0.4, -0.2) is 11.7 Å². The molecule has 0 radical (unpaired) electrons. The smallest absolute Gasteiger partial charge is 0.159 e. The van der Waals surface area contributed by atoms with Crippen LogP contribution in [0.25, 0.3) is 65.4 Å². The van der Waals surface area contributed by atoms with Crippen molar-refractivity contribution in [3.05, 3.63) is 180 Å². The van der Waals surface area contributed by atoms with E-state index in [1.807, 2.05) is 24.3 Å². The van der Waals surface area contributed by atoms with Crippen molar-refractivity contribution >= 4 is 65.9 Å². The summed E-state index contributed by atoms with van der Waals surface area (Å²) >= 11 is 0. The molecule has 0 amide bonds. The quantitative estimate of drug-likeness (QED) is 0.197. The van der Waals surface area contributed by atoms with E-state index >= 15 is 0 Å². The Morgan fingerprint density at radius 2 is 1.12 bits per heavy atom. The lowest BCUT2D eigenvalue weighted by Crippen LogP contribution is -2.33. The Kier molecular flexibility index (Phi) is 6.21. The van der Waals surface area contributed by atoms with Crippen LogP contribution in [0.2, 0.25) is 0 Å². The Bertz CT molecular complexity index is 2810. The molecule has 230 valence electrons. The number of aliphatic imine (C=N–C) groups is 2. The van der Waals surface area contributed by atoms with Gasteiger partial charge in [0, 0.05) is 21.9 Å². The Morgan fingerprint density at radius 1 is 0.469 bits per heavy atom. The molecule has 1 atom stereocenters. The number of hydrogen-bond acceptors (Lipinski definition) is 4. The molecule has 1 aliphatic heterocycles. The van der Waals surface area contributed by atoms with Crippen LogP contribution in [0.3, 0.4) is 0 Å². The van der Waals surface area contributed by atoms with E-state index in [4.69, 9.17) is 14.4 Å². The minimum atomic E-state index is -0.268. The molecule has 1 aromatic heterocycles. The molecular weight excluding hydrogens is 599 g/mol. The van der Waals surface area contributed by atoms with Crippen LogP contribution < -0.4 is 5.32 Å². The fourth-order valence-corrected chi connectivity index (χ4v) is 7.25. The molecule has 0 bridgehead atoms. The van der Waals surface area contributed by atoms with Crippen molar-refractivity contribution in [1.29, 1.82) is 0 Å². The molecule has 0 spiro atoms. The van der Waals surface area contributed by atoms with E-state index in [9.17, 15) is 0 Å². The first-order chi connectivity index (χ1) is 24.2. The largest absolute Gasteiger partial charge is 0.456 e. The van der Waals surface area contributed by atoms with Crippen LogP contribution in [0.5, 0.6) is 0 Å². The second kappa shape index (κ2) is 11.0. The van der Waals surface area contributed by atoms with Crippen LogP contribution in [-0.2, 0) is 0 Å². The van der Waals surface area contributed by atoms with Crippen molar-refractivity contribution in [2.24, 2.45) is 9.98 Å². The normalized spacial score (nSPS) is 14.7. The first kappa shape index (κ1) is 27.6. The maximum absolute atomic E-state index is 6.18. The highest BCUT2D eigenvalue weighted by Gasteiger charge is 2.22. The molecule has 4 heteroatoms. The first-order valence-electron chi connectivity index (χ1n) is 16.6. The molecule has 2 heterocycles. The van der Waals surface area contributed by atoms with Gasteiger partial charge >= 0.3 is 0 Å². The van der Waals surface area contributed by atoms with Crippen molar-refractivity contribution in [1.82, 2.24) is 5.32 Å². The predicted octanol–water partition coefficient (Wildman–Crippen LogP) is 11.2. The van der Waals surface area contributed by atoms with Gasteiger partial charge in [-0.25, -0.2) is 9.98 Å². The molecule has 9 aromatic rings. The van der Waals surface area contributed by atoms with Gasteiger partial charge in [0.05, 0.1) is 0 Å². The van der Waals surface area contributed by atoms with E-state index in [0.717, 1.165) is 60.8 Å². The van der Waals surface area contributed by atoms with Gasteiger partial charge in [0.1, 0.15) is 23.2 Å². The zero-order valence-electron chi connectivity index (χ0n) is 26.5. The maximum atomic E-state index is 6.18. The summed E-state index contributed by atoms with van der Waals surface area (Å²) in [5, 5.41) is 13.1. The Balaban J connectivity index is 1.07. The lowest BCUT2D eigenvalue weighted by atomic mass is 9.96. The van der Waals surface area contributed by atoms with Crippen LogP contribution >= 0.6 is 0 Å². The number of fused-ring (bicyclic) bond motifs is 7. The van der Waals surface area contributed by atoms with Gasteiger partial charge in [-0.3, -0.25) is 0 Å². The fraction of sp³-hybridized carbons (Fsp3) is 0.0222. The lowest BCUT2D eigenvalue weighted by molar-refractivity contribution is 0.669. The monoisotopic (exact) mass is 627 g/mol. The highest BCUT2D eigenvalue weighted by atomic mass is 16.3. The predicted molar refractivity (Wildman–Crippen MR) is 204 cm³/mol. The van der Waals surface area contributed by atoms with Gasteiger partial charge in [0.25, 0.3) is 0 Å². The summed E-state index contributed by atoms with van der Waals surface area (Å²) in [6.07, 6.45) is -0.268. The Morgan fingerprint density at radius 3 is 2.00 bits per heavy atom. The number of nitrogens with zero attached hydrogens (tertiary/aromatic N) is 2. The van der Waals surface area contributed by atoms with Gasteiger partial charge in [-0.05, 0) is 79.3 Å².